The van der Waals surface area contributed by atoms with Gasteiger partial charge < -0.3 is 15.7 Å². The van der Waals surface area contributed by atoms with E-state index in [0.717, 1.165) is 54.8 Å². The Morgan fingerprint density at radius 2 is 1.96 bits per heavy atom. The predicted octanol–water partition coefficient (Wildman–Crippen LogP) is 3.17. The van der Waals surface area contributed by atoms with Gasteiger partial charge in [-0.15, -0.1) is 12.4 Å². The highest BCUT2D eigenvalue weighted by molar-refractivity contribution is 6.01. The lowest BCUT2D eigenvalue weighted by Gasteiger charge is -2.40. The van der Waals surface area contributed by atoms with E-state index < -0.39 is 5.91 Å². The number of fused-ring (bicyclic) bond motifs is 3. The van der Waals surface area contributed by atoms with E-state index >= 15 is 0 Å². The van der Waals surface area contributed by atoms with Crippen LogP contribution in [0.5, 0.6) is 0 Å². The molecule has 1 aromatic carbocycles. The number of nitrogens with two attached hydrogens (primary N) is 1. The van der Waals surface area contributed by atoms with Crippen LogP contribution < -0.4 is 10.6 Å². The first-order chi connectivity index (χ1) is 13.0. The summed E-state index contributed by atoms with van der Waals surface area (Å²) in [7, 11) is 0. The zero-order valence-electron chi connectivity index (χ0n) is 16.3. The molecule has 0 spiro atoms. The molecule has 0 aliphatic carbocycles. The van der Waals surface area contributed by atoms with Gasteiger partial charge >= 0.3 is 0 Å². The molecule has 28 heavy (non-hydrogen) atoms. The summed E-state index contributed by atoms with van der Waals surface area (Å²) in [4.78, 5) is 19.2. The van der Waals surface area contributed by atoms with Crippen molar-refractivity contribution in [3.05, 3.63) is 41.5 Å². The van der Waals surface area contributed by atoms with Crippen LogP contribution in [-0.2, 0) is 6.42 Å². The Morgan fingerprint density at radius 3 is 2.57 bits per heavy atom. The lowest BCUT2D eigenvalue weighted by molar-refractivity contribution is 0.100. The van der Waals surface area contributed by atoms with Gasteiger partial charge in [0.1, 0.15) is 5.82 Å². The van der Waals surface area contributed by atoms with Gasteiger partial charge in [-0.3, -0.25) is 9.20 Å². The van der Waals surface area contributed by atoms with Crippen LogP contribution in [0.15, 0.2) is 30.3 Å². The van der Waals surface area contributed by atoms with Gasteiger partial charge in [0, 0.05) is 19.7 Å². The van der Waals surface area contributed by atoms with E-state index in [1.165, 1.54) is 0 Å². The number of carbonyl (C=O) groups excluding carboxylic acids is 1. The number of para-hydroxylation sites is 2. The van der Waals surface area contributed by atoms with Gasteiger partial charge in [0.05, 0.1) is 16.6 Å². The second-order valence-electron chi connectivity index (χ2n) is 7.84. The van der Waals surface area contributed by atoms with E-state index in [-0.39, 0.29) is 24.4 Å². The molecule has 3 heterocycles. The van der Waals surface area contributed by atoms with Crippen LogP contribution >= 0.6 is 12.4 Å². The standard InChI is InChI=1S/C21H26N4O2.ClH/c1-3-14-12-15(18(22)27)19-23-16-6-4-5-7-17(16)25(19)20(14)24-10-8-21(2,13-26)9-11-24;/h4-7,12,26H,3,8-11,13H2,1-2H3,(H2,22,27);1H. The average Bonchev–Trinajstić information content (AvgIpc) is 3.06. The third-order valence-electron chi connectivity index (χ3n) is 5.92. The van der Waals surface area contributed by atoms with Gasteiger partial charge in [-0.2, -0.15) is 0 Å². The number of amides is 1. The fourth-order valence-electron chi connectivity index (χ4n) is 4.07. The number of anilines is 1. The average molecular weight is 403 g/mol. The van der Waals surface area contributed by atoms with E-state index in [2.05, 4.69) is 23.1 Å². The molecule has 1 aliphatic heterocycles. The predicted molar refractivity (Wildman–Crippen MR) is 114 cm³/mol. The number of carbonyl (C=O) groups is 1. The molecule has 1 saturated heterocycles. The monoisotopic (exact) mass is 402 g/mol. The third-order valence-corrected chi connectivity index (χ3v) is 5.92. The number of imidazole rings is 1. The Labute approximate surface area is 170 Å². The largest absolute Gasteiger partial charge is 0.396 e. The Bertz CT molecular complexity index is 1020. The highest BCUT2D eigenvalue weighted by Gasteiger charge is 2.31. The number of halogens is 1. The first kappa shape index (κ1) is 20.4. The zero-order valence-corrected chi connectivity index (χ0v) is 17.1. The molecule has 1 aliphatic rings. The molecule has 0 unspecified atom stereocenters. The molecule has 150 valence electrons. The second-order valence-corrected chi connectivity index (χ2v) is 7.84. The summed E-state index contributed by atoms with van der Waals surface area (Å²) in [5.41, 5.74) is 9.66. The maximum atomic E-state index is 12.1. The van der Waals surface area contributed by atoms with Crippen molar-refractivity contribution in [3.8, 4) is 0 Å². The first-order valence-electron chi connectivity index (χ1n) is 9.56. The highest BCUT2D eigenvalue weighted by atomic mass is 35.5. The Hall–Kier alpha value is -2.31. The van der Waals surface area contributed by atoms with Crippen LogP contribution in [-0.4, -0.2) is 40.1 Å². The number of hydrogen-bond acceptors (Lipinski definition) is 4. The van der Waals surface area contributed by atoms with Crippen molar-refractivity contribution in [2.24, 2.45) is 11.1 Å². The van der Waals surface area contributed by atoms with Gasteiger partial charge in [0.25, 0.3) is 5.91 Å². The minimum absolute atomic E-state index is 0. The van der Waals surface area contributed by atoms with Crippen molar-refractivity contribution in [3.63, 3.8) is 0 Å². The quantitative estimate of drug-likeness (QED) is 0.702. The van der Waals surface area contributed by atoms with Crippen molar-refractivity contribution in [1.29, 1.82) is 0 Å². The van der Waals surface area contributed by atoms with E-state index in [0.29, 0.717) is 11.2 Å². The Morgan fingerprint density at radius 1 is 1.29 bits per heavy atom. The van der Waals surface area contributed by atoms with Crippen LogP contribution in [0.2, 0.25) is 0 Å². The summed E-state index contributed by atoms with van der Waals surface area (Å²) in [6.45, 7) is 6.18. The van der Waals surface area contributed by atoms with Crippen LogP contribution in [0.4, 0.5) is 5.82 Å². The Kier molecular flexibility index (Phi) is 5.55. The minimum atomic E-state index is -0.456. The molecule has 0 radical (unpaired) electrons. The van der Waals surface area contributed by atoms with E-state index in [1.807, 2.05) is 30.3 Å². The van der Waals surface area contributed by atoms with Gasteiger partial charge in [-0.05, 0) is 48.4 Å². The fourth-order valence-corrected chi connectivity index (χ4v) is 4.07. The molecule has 6 nitrogen and oxygen atoms in total. The number of benzene rings is 1. The van der Waals surface area contributed by atoms with Gasteiger partial charge in [0.15, 0.2) is 5.65 Å². The number of primary amides is 1. The molecule has 0 atom stereocenters. The van der Waals surface area contributed by atoms with Crippen molar-refractivity contribution < 1.29 is 9.90 Å². The molecule has 2 aromatic heterocycles. The molecular formula is C21H27ClN4O2. The summed E-state index contributed by atoms with van der Waals surface area (Å²) in [5.74, 6) is 0.634. The van der Waals surface area contributed by atoms with Crippen LogP contribution in [0.1, 0.15) is 42.6 Å². The first-order valence-corrected chi connectivity index (χ1v) is 9.56. The molecule has 0 bridgehead atoms. The molecule has 1 fully saturated rings. The van der Waals surface area contributed by atoms with Crippen molar-refractivity contribution in [2.75, 3.05) is 24.6 Å². The molecule has 4 rings (SSSR count). The maximum absolute atomic E-state index is 12.1. The number of nitrogens with zero attached hydrogens (tertiary/aromatic N) is 3. The SMILES string of the molecule is CCc1cc(C(N)=O)c2nc3ccccc3n2c1N1CCC(C)(CO)CC1.Cl. The van der Waals surface area contributed by atoms with Crippen LogP contribution in [0, 0.1) is 5.41 Å². The van der Waals surface area contributed by atoms with E-state index in [4.69, 9.17) is 10.7 Å². The van der Waals surface area contributed by atoms with Crippen molar-refractivity contribution >= 4 is 40.8 Å². The lowest BCUT2D eigenvalue weighted by atomic mass is 9.81. The van der Waals surface area contributed by atoms with Gasteiger partial charge in [0.2, 0.25) is 0 Å². The summed E-state index contributed by atoms with van der Waals surface area (Å²) in [6, 6.07) is 9.83. The van der Waals surface area contributed by atoms with Crippen molar-refractivity contribution in [1.82, 2.24) is 9.38 Å². The van der Waals surface area contributed by atoms with Crippen molar-refractivity contribution in [2.45, 2.75) is 33.1 Å². The number of aliphatic hydroxyl groups excluding tert-OH is 1. The summed E-state index contributed by atoms with van der Waals surface area (Å²) in [6.07, 6.45) is 2.66. The fraction of sp³-hybridized carbons (Fsp3) is 0.429. The molecule has 0 saturated carbocycles. The van der Waals surface area contributed by atoms with E-state index in [1.54, 1.807) is 0 Å². The molecule has 7 heteroatoms. The number of pyridine rings is 1. The number of aryl methyl sites for hydroxylation is 1. The summed E-state index contributed by atoms with van der Waals surface area (Å²) >= 11 is 0. The number of piperidine rings is 1. The molecular weight excluding hydrogens is 376 g/mol. The highest BCUT2D eigenvalue weighted by Crippen LogP contribution is 2.36. The smallest absolute Gasteiger partial charge is 0.252 e. The topological polar surface area (TPSA) is 83.9 Å². The normalized spacial score (nSPS) is 16.3. The second kappa shape index (κ2) is 7.60. The number of aliphatic hydroxyl groups is 1. The van der Waals surface area contributed by atoms with Crippen LogP contribution in [0.25, 0.3) is 16.7 Å². The number of hydrogen-bond donors (Lipinski definition) is 2. The van der Waals surface area contributed by atoms with Gasteiger partial charge in [-0.25, -0.2) is 4.98 Å². The Balaban J connectivity index is 0.00000225. The van der Waals surface area contributed by atoms with Crippen LogP contribution in [0.3, 0.4) is 0 Å². The van der Waals surface area contributed by atoms with E-state index in [9.17, 15) is 9.90 Å². The zero-order chi connectivity index (χ0) is 19.2. The minimum Gasteiger partial charge on any atom is -0.396 e. The third kappa shape index (κ3) is 3.20. The van der Waals surface area contributed by atoms with Gasteiger partial charge in [-0.1, -0.05) is 26.0 Å². The number of rotatable bonds is 4. The maximum Gasteiger partial charge on any atom is 0.252 e. The molecule has 3 N–H and O–H groups in total. The summed E-state index contributed by atoms with van der Waals surface area (Å²) in [5, 5.41) is 9.70. The summed E-state index contributed by atoms with van der Waals surface area (Å²) < 4.78 is 2.09. The number of aromatic nitrogens is 2. The molecule has 3 aromatic rings. The molecule has 1 amide bonds. The lowest BCUT2D eigenvalue weighted by Crippen LogP contribution is -2.41.